The van der Waals surface area contributed by atoms with Crippen LogP contribution in [0.4, 0.5) is 5.82 Å². The van der Waals surface area contributed by atoms with Gasteiger partial charge in [-0.25, -0.2) is 4.98 Å². The van der Waals surface area contributed by atoms with Gasteiger partial charge in [-0.05, 0) is 19.1 Å². The maximum Gasteiger partial charge on any atom is 0.312 e. The molecule has 2 heterocycles. The van der Waals surface area contributed by atoms with Crippen molar-refractivity contribution in [2.45, 2.75) is 13.5 Å². The molecule has 1 N–H and O–H groups in total. The van der Waals surface area contributed by atoms with E-state index >= 15 is 0 Å². The van der Waals surface area contributed by atoms with Crippen LogP contribution in [0.5, 0.6) is 0 Å². The average molecular weight is 262 g/mol. The highest BCUT2D eigenvalue weighted by Gasteiger charge is 2.31. The van der Waals surface area contributed by atoms with Crippen LogP contribution in [0.3, 0.4) is 0 Å². The molecule has 19 heavy (non-hydrogen) atoms. The molecular weight excluding hydrogens is 244 g/mol. The van der Waals surface area contributed by atoms with E-state index in [2.05, 4.69) is 10.3 Å². The Bertz CT molecular complexity index is 489. The molecule has 0 saturated carbocycles. The average Bonchev–Trinajstić information content (AvgIpc) is 2.44. The van der Waals surface area contributed by atoms with Crippen LogP contribution in [0.1, 0.15) is 12.6 Å². The number of anilines is 1. The summed E-state index contributed by atoms with van der Waals surface area (Å²) < 4.78 is 0. The predicted molar refractivity (Wildman–Crippen MR) is 71.5 cm³/mol. The van der Waals surface area contributed by atoms with E-state index in [-0.39, 0.29) is 0 Å². The predicted octanol–water partition coefficient (Wildman–Crippen LogP) is 0.314. The summed E-state index contributed by atoms with van der Waals surface area (Å²) in [7, 11) is 1.79. The number of aromatic nitrogens is 1. The van der Waals surface area contributed by atoms with E-state index in [4.69, 9.17) is 0 Å². The van der Waals surface area contributed by atoms with Crippen molar-refractivity contribution in [3.05, 3.63) is 23.9 Å². The van der Waals surface area contributed by atoms with Gasteiger partial charge in [-0.1, -0.05) is 6.07 Å². The van der Waals surface area contributed by atoms with Crippen molar-refractivity contribution in [2.24, 2.45) is 0 Å². The number of likely N-dealkylation sites (N-methyl/N-ethyl adjacent to an activating group) is 1. The lowest BCUT2D eigenvalue weighted by Gasteiger charge is -2.32. The zero-order valence-corrected chi connectivity index (χ0v) is 11.2. The number of rotatable bonds is 4. The Morgan fingerprint density at radius 1 is 1.21 bits per heavy atom. The second-order valence-electron chi connectivity index (χ2n) is 4.38. The molecule has 6 nitrogen and oxygen atoms in total. The van der Waals surface area contributed by atoms with E-state index in [1.165, 1.54) is 0 Å². The minimum Gasteiger partial charge on any atom is -0.373 e. The molecule has 0 aromatic carbocycles. The van der Waals surface area contributed by atoms with Crippen molar-refractivity contribution in [3.63, 3.8) is 0 Å². The molecule has 0 spiro atoms. The lowest BCUT2D eigenvalue weighted by molar-refractivity contribution is -0.156. The topological polar surface area (TPSA) is 65.5 Å². The fourth-order valence-electron chi connectivity index (χ4n) is 2.07. The number of piperazine rings is 1. The van der Waals surface area contributed by atoms with Crippen LogP contribution >= 0.6 is 0 Å². The van der Waals surface area contributed by atoms with Crippen LogP contribution in [0, 0.1) is 0 Å². The minimum atomic E-state index is -0.440. The van der Waals surface area contributed by atoms with E-state index in [9.17, 15) is 9.59 Å². The number of hydrogen-bond donors (Lipinski definition) is 1. The zero-order chi connectivity index (χ0) is 13.8. The Kier molecular flexibility index (Phi) is 3.99. The summed E-state index contributed by atoms with van der Waals surface area (Å²) in [6, 6.07) is 5.58. The van der Waals surface area contributed by atoms with Crippen LogP contribution in [-0.4, -0.2) is 53.3 Å². The Hall–Kier alpha value is -2.11. The van der Waals surface area contributed by atoms with Crippen molar-refractivity contribution >= 4 is 17.6 Å². The minimum absolute atomic E-state index is 0.373. The van der Waals surface area contributed by atoms with Gasteiger partial charge < -0.3 is 15.1 Å². The summed E-state index contributed by atoms with van der Waals surface area (Å²) >= 11 is 0. The second-order valence-corrected chi connectivity index (χ2v) is 4.38. The number of amides is 2. The smallest absolute Gasteiger partial charge is 0.312 e. The van der Waals surface area contributed by atoms with Gasteiger partial charge in [-0.2, -0.15) is 0 Å². The fraction of sp³-hybridized carbons (Fsp3) is 0.462. The summed E-state index contributed by atoms with van der Waals surface area (Å²) in [5.41, 5.74) is 0.776. The highest BCUT2D eigenvalue weighted by atomic mass is 16.2. The summed E-state index contributed by atoms with van der Waals surface area (Å²) in [5, 5.41) is 2.95. The first kappa shape index (κ1) is 13.3. The number of pyridine rings is 1. The molecule has 102 valence electrons. The third-order valence-electron chi connectivity index (χ3n) is 3.19. The first-order valence-corrected chi connectivity index (χ1v) is 6.37. The molecule has 0 radical (unpaired) electrons. The van der Waals surface area contributed by atoms with Gasteiger partial charge in [0, 0.05) is 26.7 Å². The molecule has 0 unspecified atom stereocenters. The highest BCUT2D eigenvalue weighted by molar-refractivity contribution is 6.35. The molecule has 1 aromatic rings. The third kappa shape index (κ3) is 2.83. The lowest BCUT2D eigenvalue weighted by atomic mass is 10.2. The van der Waals surface area contributed by atoms with Gasteiger partial charge >= 0.3 is 11.8 Å². The Balaban J connectivity index is 2.07. The molecule has 1 aliphatic heterocycles. The van der Waals surface area contributed by atoms with Crippen LogP contribution in [-0.2, 0) is 16.1 Å². The Labute approximate surface area is 112 Å². The Morgan fingerprint density at radius 3 is 2.58 bits per heavy atom. The van der Waals surface area contributed by atoms with Crippen molar-refractivity contribution in [3.8, 4) is 0 Å². The molecule has 1 aliphatic rings. The van der Waals surface area contributed by atoms with Gasteiger partial charge in [0.2, 0.25) is 0 Å². The van der Waals surface area contributed by atoms with Crippen molar-refractivity contribution in [1.29, 1.82) is 0 Å². The van der Waals surface area contributed by atoms with E-state index in [0.29, 0.717) is 26.2 Å². The molecule has 1 saturated heterocycles. The molecule has 1 aromatic heterocycles. The lowest BCUT2D eigenvalue weighted by Crippen LogP contribution is -2.53. The monoisotopic (exact) mass is 262 g/mol. The quantitative estimate of drug-likeness (QED) is 0.793. The normalized spacial score (nSPS) is 15.9. The molecule has 6 heteroatoms. The second kappa shape index (κ2) is 5.69. The number of nitrogens with one attached hydrogen (secondary N) is 1. The SMILES string of the molecule is CCN1CCN(Cc2cccc(NC)n2)C(=O)C1=O. The number of nitrogens with zero attached hydrogens (tertiary/aromatic N) is 3. The van der Waals surface area contributed by atoms with Crippen molar-refractivity contribution < 1.29 is 9.59 Å². The van der Waals surface area contributed by atoms with Gasteiger partial charge in [0.15, 0.2) is 0 Å². The van der Waals surface area contributed by atoms with E-state index in [1.54, 1.807) is 16.8 Å². The maximum atomic E-state index is 11.9. The first-order chi connectivity index (χ1) is 9.15. The summed E-state index contributed by atoms with van der Waals surface area (Å²) in [6.45, 7) is 3.97. The molecule has 0 bridgehead atoms. The largest absolute Gasteiger partial charge is 0.373 e. The molecule has 1 fully saturated rings. The van der Waals surface area contributed by atoms with Gasteiger partial charge in [-0.3, -0.25) is 9.59 Å². The summed E-state index contributed by atoms with van der Waals surface area (Å²) in [6.07, 6.45) is 0. The maximum absolute atomic E-state index is 11.9. The van der Waals surface area contributed by atoms with Crippen molar-refractivity contribution in [1.82, 2.24) is 14.8 Å². The van der Waals surface area contributed by atoms with Gasteiger partial charge in [0.1, 0.15) is 5.82 Å². The molecular formula is C13H18N4O2. The van der Waals surface area contributed by atoms with Crippen LogP contribution in [0.15, 0.2) is 18.2 Å². The van der Waals surface area contributed by atoms with E-state index < -0.39 is 11.8 Å². The summed E-state index contributed by atoms with van der Waals surface area (Å²) in [5.74, 6) is -0.105. The highest BCUT2D eigenvalue weighted by Crippen LogP contribution is 2.11. The molecule has 2 amide bonds. The molecule has 0 aliphatic carbocycles. The van der Waals surface area contributed by atoms with Gasteiger partial charge in [0.05, 0.1) is 12.2 Å². The molecule has 0 atom stereocenters. The van der Waals surface area contributed by atoms with Crippen LogP contribution < -0.4 is 5.32 Å². The number of carbonyl (C=O) groups excluding carboxylic acids is 2. The standard InChI is InChI=1S/C13H18N4O2/c1-3-16-7-8-17(13(19)12(16)18)9-10-5-4-6-11(14-2)15-10/h4-6H,3,7-9H2,1-2H3,(H,14,15). The number of carbonyl (C=O) groups is 2. The fourth-order valence-corrected chi connectivity index (χ4v) is 2.07. The zero-order valence-electron chi connectivity index (χ0n) is 11.2. The summed E-state index contributed by atoms with van der Waals surface area (Å²) in [4.78, 5) is 31.2. The Morgan fingerprint density at radius 2 is 1.89 bits per heavy atom. The van der Waals surface area contributed by atoms with Gasteiger partial charge in [0.25, 0.3) is 0 Å². The van der Waals surface area contributed by atoms with Gasteiger partial charge in [-0.15, -0.1) is 0 Å². The molecule has 2 rings (SSSR count). The van der Waals surface area contributed by atoms with E-state index in [1.807, 2.05) is 25.1 Å². The van der Waals surface area contributed by atoms with Crippen molar-refractivity contribution in [2.75, 3.05) is 32.0 Å². The first-order valence-electron chi connectivity index (χ1n) is 6.37. The third-order valence-corrected chi connectivity index (χ3v) is 3.19. The van der Waals surface area contributed by atoms with Crippen LogP contribution in [0.25, 0.3) is 0 Å². The van der Waals surface area contributed by atoms with E-state index in [0.717, 1.165) is 11.5 Å². The number of hydrogen-bond acceptors (Lipinski definition) is 4. The van der Waals surface area contributed by atoms with Crippen LogP contribution in [0.2, 0.25) is 0 Å².